The third-order valence-corrected chi connectivity index (χ3v) is 6.14. The summed E-state index contributed by atoms with van der Waals surface area (Å²) in [6.45, 7) is 0.605. The van der Waals surface area contributed by atoms with E-state index < -0.39 is 9.84 Å². The molecular weight excluding hydrogens is 388 g/mol. The molecular formula is C22H22N2O4S. The first-order chi connectivity index (χ1) is 13.8. The highest BCUT2D eigenvalue weighted by Crippen LogP contribution is 2.36. The fourth-order valence-corrected chi connectivity index (χ4v) is 4.75. The molecule has 1 saturated heterocycles. The number of sulfone groups is 1. The number of nitrogens with zero attached hydrogens (tertiary/aromatic N) is 2. The molecule has 1 aliphatic heterocycles. The number of pyridine rings is 1. The molecule has 0 radical (unpaired) electrons. The van der Waals surface area contributed by atoms with Crippen molar-refractivity contribution in [3.63, 3.8) is 0 Å². The van der Waals surface area contributed by atoms with Crippen LogP contribution >= 0.6 is 0 Å². The molecule has 0 unspecified atom stereocenters. The number of likely N-dealkylation sites (tertiary alicyclic amines) is 1. The molecule has 1 atom stereocenters. The van der Waals surface area contributed by atoms with Gasteiger partial charge in [-0.2, -0.15) is 0 Å². The Bertz CT molecular complexity index is 1170. The lowest BCUT2D eigenvalue weighted by molar-refractivity contribution is 0.0733. The lowest BCUT2D eigenvalue weighted by Crippen LogP contribution is -2.30. The third-order valence-electron chi connectivity index (χ3n) is 5.29. The van der Waals surface area contributed by atoms with Crippen LogP contribution in [0, 0.1) is 0 Å². The average Bonchev–Trinajstić information content (AvgIpc) is 3.17. The van der Waals surface area contributed by atoms with Gasteiger partial charge in [-0.15, -0.1) is 0 Å². The summed E-state index contributed by atoms with van der Waals surface area (Å²) in [6.07, 6.45) is 4.49. The van der Waals surface area contributed by atoms with Gasteiger partial charge >= 0.3 is 0 Å². The van der Waals surface area contributed by atoms with Crippen molar-refractivity contribution in [1.82, 2.24) is 9.88 Å². The molecule has 0 spiro atoms. The van der Waals surface area contributed by atoms with Gasteiger partial charge in [-0.3, -0.25) is 9.78 Å². The van der Waals surface area contributed by atoms with Crippen molar-refractivity contribution in [3.05, 3.63) is 71.4 Å². The summed E-state index contributed by atoms with van der Waals surface area (Å²) >= 11 is 0. The van der Waals surface area contributed by atoms with Crippen LogP contribution in [0.4, 0.5) is 0 Å². The largest absolute Gasteiger partial charge is 0.505 e. The second kappa shape index (κ2) is 7.48. The molecule has 6 nitrogen and oxygen atoms in total. The van der Waals surface area contributed by atoms with Gasteiger partial charge in [0.2, 0.25) is 0 Å². The number of carbonyl (C=O) groups is 1. The lowest BCUT2D eigenvalue weighted by Gasteiger charge is -2.26. The summed E-state index contributed by atoms with van der Waals surface area (Å²) in [4.78, 5) is 19.2. The summed E-state index contributed by atoms with van der Waals surface area (Å²) < 4.78 is 23.0. The second-order valence-electron chi connectivity index (χ2n) is 7.51. The maximum atomic E-state index is 13.2. The zero-order chi connectivity index (χ0) is 20.6. The molecule has 0 saturated carbocycles. The van der Waals surface area contributed by atoms with Crippen LogP contribution < -0.4 is 0 Å². The van der Waals surface area contributed by atoms with E-state index >= 15 is 0 Å². The fraction of sp³-hybridized carbons (Fsp3) is 0.273. The number of amides is 1. The van der Waals surface area contributed by atoms with Gasteiger partial charge < -0.3 is 10.0 Å². The van der Waals surface area contributed by atoms with Crippen molar-refractivity contribution >= 4 is 26.6 Å². The molecule has 1 amide bonds. The average molecular weight is 410 g/mol. The van der Waals surface area contributed by atoms with Crippen molar-refractivity contribution < 1.29 is 18.3 Å². The molecule has 1 N–H and O–H groups in total. The van der Waals surface area contributed by atoms with Gasteiger partial charge in [0.1, 0.15) is 5.52 Å². The highest BCUT2D eigenvalue weighted by atomic mass is 32.2. The van der Waals surface area contributed by atoms with E-state index in [1.807, 2.05) is 18.2 Å². The van der Waals surface area contributed by atoms with Crippen molar-refractivity contribution in [2.75, 3.05) is 12.8 Å². The van der Waals surface area contributed by atoms with E-state index in [0.717, 1.165) is 29.4 Å². The topological polar surface area (TPSA) is 87.6 Å². The maximum absolute atomic E-state index is 13.2. The lowest BCUT2D eigenvalue weighted by atomic mass is 10.0. The number of hydrogen-bond donors (Lipinski definition) is 1. The van der Waals surface area contributed by atoms with E-state index in [0.29, 0.717) is 12.1 Å². The highest BCUT2D eigenvalue weighted by Gasteiger charge is 2.32. The molecule has 4 rings (SSSR count). The SMILES string of the molecule is CS(=O)(=O)Cc1ccc([C@H]2CCCN2C(=O)c2ccc3cccnc3c2O)cc1. The monoisotopic (exact) mass is 410 g/mol. The molecule has 3 aromatic rings. The molecule has 2 heterocycles. The Kier molecular flexibility index (Phi) is 5.00. The summed E-state index contributed by atoms with van der Waals surface area (Å²) in [5.74, 6) is -0.321. The van der Waals surface area contributed by atoms with Crippen LogP contribution in [-0.2, 0) is 15.6 Å². The van der Waals surface area contributed by atoms with Gasteiger partial charge in [-0.1, -0.05) is 36.4 Å². The number of aromatic hydroxyl groups is 1. The smallest absolute Gasteiger partial charge is 0.258 e. The number of hydrogen-bond acceptors (Lipinski definition) is 5. The number of benzene rings is 2. The minimum absolute atomic E-state index is 0.00144. The van der Waals surface area contributed by atoms with Gasteiger partial charge in [0.25, 0.3) is 5.91 Å². The van der Waals surface area contributed by atoms with E-state index in [1.54, 1.807) is 41.4 Å². The Balaban J connectivity index is 1.62. The number of rotatable bonds is 4. The summed E-state index contributed by atoms with van der Waals surface area (Å²) in [7, 11) is -3.09. The first-order valence-corrected chi connectivity index (χ1v) is 11.5. The van der Waals surface area contributed by atoms with Crippen molar-refractivity contribution in [2.45, 2.75) is 24.6 Å². The van der Waals surface area contributed by atoms with E-state index in [2.05, 4.69) is 4.98 Å². The second-order valence-corrected chi connectivity index (χ2v) is 9.65. The zero-order valence-electron chi connectivity index (χ0n) is 16.1. The van der Waals surface area contributed by atoms with Crippen LogP contribution in [-0.4, -0.2) is 42.1 Å². The quantitative estimate of drug-likeness (QED) is 0.712. The van der Waals surface area contributed by atoms with Crippen LogP contribution in [0.25, 0.3) is 10.9 Å². The standard InChI is InChI=1S/C22H22N2O4S/c1-29(27,28)14-15-6-8-16(9-7-15)19-5-3-13-24(19)22(26)18-11-10-17-4-2-12-23-20(17)21(18)25/h2,4,6-12,19,25H,3,5,13-14H2,1H3/t19-/m1/s1. The van der Waals surface area contributed by atoms with Gasteiger partial charge in [0.05, 0.1) is 17.4 Å². The number of phenolic OH excluding ortho intramolecular Hbond substituents is 1. The Hall–Kier alpha value is -2.93. The van der Waals surface area contributed by atoms with E-state index in [1.165, 1.54) is 6.26 Å². The predicted molar refractivity (Wildman–Crippen MR) is 111 cm³/mol. The molecule has 1 fully saturated rings. The van der Waals surface area contributed by atoms with Gasteiger partial charge in [0, 0.05) is 24.4 Å². The van der Waals surface area contributed by atoms with Gasteiger partial charge in [-0.25, -0.2) is 8.42 Å². The fourth-order valence-electron chi connectivity index (χ4n) is 3.95. The molecule has 1 aliphatic rings. The Morgan fingerprint density at radius 1 is 1.17 bits per heavy atom. The van der Waals surface area contributed by atoms with Crippen LogP contribution in [0.1, 0.15) is 40.4 Å². The maximum Gasteiger partial charge on any atom is 0.258 e. The number of carbonyl (C=O) groups excluding carboxylic acids is 1. The van der Waals surface area contributed by atoms with E-state index in [4.69, 9.17) is 0 Å². The van der Waals surface area contributed by atoms with Crippen molar-refractivity contribution in [2.24, 2.45) is 0 Å². The summed E-state index contributed by atoms with van der Waals surface area (Å²) in [5, 5.41) is 11.4. The van der Waals surface area contributed by atoms with Crippen molar-refractivity contribution in [3.8, 4) is 5.75 Å². The predicted octanol–water partition coefficient (Wildman–Crippen LogP) is 3.46. The van der Waals surface area contributed by atoms with Crippen LogP contribution in [0.3, 0.4) is 0 Å². The molecule has 150 valence electrons. The Morgan fingerprint density at radius 3 is 2.66 bits per heavy atom. The highest BCUT2D eigenvalue weighted by molar-refractivity contribution is 7.89. The Labute approximate surface area is 169 Å². The van der Waals surface area contributed by atoms with Crippen LogP contribution in [0.15, 0.2) is 54.7 Å². The molecule has 1 aromatic heterocycles. The molecule has 0 aliphatic carbocycles. The summed E-state index contributed by atoms with van der Waals surface area (Å²) in [6, 6.07) is 14.3. The van der Waals surface area contributed by atoms with Crippen LogP contribution in [0.5, 0.6) is 5.75 Å². The molecule has 7 heteroatoms. The van der Waals surface area contributed by atoms with Crippen molar-refractivity contribution in [1.29, 1.82) is 0 Å². The summed E-state index contributed by atoms with van der Waals surface area (Å²) in [5.41, 5.74) is 2.35. The molecule has 0 bridgehead atoms. The number of fused-ring (bicyclic) bond motifs is 1. The number of aromatic nitrogens is 1. The van der Waals surface area contributed by atoms with Gasteiger partial charge in [0.15, 0.2) is 15.6 Å². The minimum Gasteiger partial charge on any atom is -0.505 e. The van der Waals surface area contributed by atoms with Crippen LogP contribution in [0.2, 0.25) is 0 Å². The van der Waals surface area contributed by atoms with E-state index in [-0.39, 0.29) is 29.0 Å². The minimum atomic E-state index is -3.09. The van der Waals surface area contributed by atoms with E-state index in [9.17, 15) is 18.3 Å². The number of phenols is 1. The van der Waals surface area contributed by atoms with Gasteiger partial charge in [-0.05, 0) is 36.1 Å². The normalized spacial score (nSPS) is 17.0. The Morgan fingerprint density at radius 2 is 1.93 bits per heavy atom. The zero-order valence-corrected chi connectivity index (χ0v) is 16.9. The molecule has 29 heavy (non-hydrogen) atoms. The first kappa shape index (κ1) is 19.4. The third kappa shape index (κ3) is 3.96. The first-order valence-electron chi connectivity index (χ1n) is 9.48. The molecule has 2 aromatic carbocycles.